The Labute approximate surface area is 224 Å². The van der Waals surface area contributed by atoms with Crippen LogP contribution in [0.3, 0.4) is 0 Å². The number of nitrogens with one attached hydrogen (secondary N) is 1. The number of benzene rings is 3. The van der Waals surface area contributed by atoms with E-state index in [1.807, 2.05) is 29.3 Å². The molecule has 0 radical (unpaired) electrons. The van der Waals surface area contributed by atoms with Gasteiger partial charge in [0.25, 0.3) is 0 Å². The van der Waals surface area contributed by atoms with Gasteiger partial charge in [-0.2, -0.15) is 0 Å². The molecule has 0 saturated carbocycles. The van der Waals surface area contributed by atoms with Gasteiger partial charge in [0.1, 0.15) is 5.75 Å². The summed E-state index contributed by atoms with van der Waals surface area (Å²) in [6, 6.07) is 22.9. The second kappa shape index (κ2) is 10.2. The van der Waals surface area contributed by atoms with Crippen LogP contribution in [0.1, 0.15) is 59.9 Å². The van der Waals surface area contributed by atoms with E-state index in [9.17, 15) is 4.79 Å². The number of hydrogen-bond donors (Lipinski definition) is 2. The van der Waals surface area contributed by atoms with Crippen molar-refractivity contribution in [1.29, 1.82) is 0 Å². The van der Waals surface area contributed by atoms with Crippen LogP contribution in [-0.4, -0.2) is 23.9 Å². The zero-order valence-corrected chi connectivity index (χ0v) is 21.8. The van der Waals surface area contributed by atoms with Crippen molar-refractivity contribution in [2.75, 3.05) is 18.5 Å². The molecule has 0 bridgehead atoms. The minimum atomic E-state index is -0.166. The van der Waals surface area contributed by atoms with Crippen molar-refractivity contribution < 1.29 is 9.63 Å². The molecule has 3 aliphatic rings. The molecule has 1 unspecified atom stereocenters. The third-order valence-electron chi connectivity index (χ3n) is 8.47. The third-order valence-corrected chi connectivity index (χ3v) is 8.47. The first kappa shape index (κ1) is 24.7. The first-order chi connectivity index (χ1) is 18.6. The number of anilines is 1. The third kappa shape index (κ3) is 4.36. The van der Waals surface area contributed by atoms with E-state index < -0.39 is 0 Å². The molecule has 5 nitrogen and oxygen atoms in total. The summed E-state index contributed by atoms with van der Waals surface area (Å²) in [6.07, 6.45) is 8.59. The van der Waals surface area contributed by atoms with E-state index in [2.05, 4.69) is 60.5 Å². The minimum absolute atomic E-state index is 0.166. The number of nitrogens with two attached hydrogens (primary N) is 1. The smallest absolute Gasteiger partial charge is 0.163 e. The van der Waals surface area contributed by atoms with E-state index in [1.54, 1.807) is 0 Å². The molecule has 5 heteroatoms. The van der Waals surface area contributed by atoms with Crippen molar-refractivity contribution in [3.63, 3.8) is 0 Å². The topological polar surface area (TPSA) is 67.6 Å². The number of hydrazine groups is 1. The lowest BCUT2D eigenvalue weighted by Gasteiger charge is -2.37. The maximum atomic E-state index is 13.7. The maximum absolute atomic E-state index is 13.7. The number of fused-ring (bicyclic) bond motifs is 3. The number of hydroxylamine groups is 2. The quantitative estimate of drug-likeness (QED) is 0.285. The first-order valence-corrected chi connectivity index (χ1v) is 13.7. The monoisotopic (exact) mass is 505 g/mol. The number of allylic oxidation sites excluding steroid dienone is 2. The number of carbonyl (C=O) groups is 1. The van der Waals surface area contributed by atoms with Crippen LogP contribution in [0.15, 0.2) is 73.3 Å². The van der Waals surface area contributed by atoms with Crippen LogP contribution in [0, 0.1) is 5.41 Å². The van der Waals surface area contributed by atoms with E-state index in [1.165, 1.54) is 36.0 Å². The number of nitrogens with zero attached hydrogens (tertiary/aromatic N) is 1. The molecule has 3 aromatic carbocycles. The highest BCUT2D eigenvalue weighted by Crippen LogP contribution is 2.58. The first-order valence-electron chi connectivity index (χ1n) is 13.7. The van der Waals surface area contributed by atoms with E-state index in [4.69, 9.17) is 10.7 Å². The van der Waals surface area contributed by atoms with Gasteiger partial charge in [0, 0.05) is 36.1 Å². The summed E-state index contributed by atoms with van der Waals surface area (Å²) in [5.41, 5.74) is 11.2. The molecule has 1 atom stereocenters. The van der Waals surface area contributed by atoms with Crippen molar-refractivity contribution in [2.45, 2.75) is 44.9 Å². The fourth-order valence-electron chi connectivity index (χ4n) is 6.71. The highest BCUT2D eigenvalue weighted by Gasteiger charge is 2.48. The molecule has 194 valence electrons. The van der Waals surface area contributed by atoms with Crippen LogP contribution in [-0.2, 0) is 17.6 Å². The van der Waals surface area contributed by atoms with E-state index in [0.29, 0.717) is 6.42 Å². The number of Topliss-reactive ketones (excluding diaryl/α,β-unsaturated/α-hetero) is 1. The molecule has 3 N–H and O–H groups in total. The Morgan fingerprint density at radius 1 is 1.00 bits per heavy atom. The van der Waals surface area contributed by atoms with Gasteiger partial charge in [-0.25, -0.2) is 0 Å². The Bertz CT molecular complexity index is 1390. The Morgan fingerprint density at radius 3 is 2.47 bits per heavy atom. The van der Waals surface area contributed by atoms with Crippen LogP contribution in [0.4, 0.5) is 5.69 Å². The largest absolute Gasteiger partial charge is 0.406 e. The van der Waals surface area contributed by atoms with Gasteiger partial charge < -0.3 is 10.3 Å². The normalized spacial score (nSPS) is 21.1. The molecule has 1 heterocycles. The van der Waals surface area contributed by atoms with Gasteiger partial charge >= 0.3 is 0 Å². The lowest BCUT2D eigenvalue weighted by molar-refractivity contribution is -0.114. The second-order valence-corrected chi connectivity index (χ2v) is 10.8. The highest BCUT2D eigenvalue weighted by molar-refractivity contribution is 6.30. The van der Waals surface area contributed by atoms with Gasteiger partial charge in [-0.1, -0.05) is 67.6 Å². The fourth-order valence-corrected chi connectivity index (χ4v) is 6.71. The number of piperidine rings is 1. The number of nitrogen functional groups attached to an aromatic ring is 1. The summed E-state index contributed by atoms with van der Waals surface area (Å²) in [7, 11) is 0. The Morgan fingerprint density at radius 2 is 1.76 bits per heavy atom. The average Bonchev–Trinajstić information content (AvgIpc) is 3.28. The van der Waals surface area contributed by atoms with Crippen LogP contribution in [0.2, 0.25) is 0 Å². The Hall–Kier alpha value is -3.67. The summed E-state index contributed by atoms with van der Waals surface area (Å²) in [4.78, 5) is 19.8. The molecule has 3 aromatic rings. The molecule has 0 aromatic heterocycles. The molecule has 38 heavy (non-hydrogen) atoms. The van der Waals surface area contributed by atoms with Crippen molar-refractivity contribution >= 4 is 28.7 Å². The molecule has 1 fully saturated rings. The summed E-state index contributed by atoms with van der Waals surface area (Å²) < 4.78 is 0. The summed E-state index contributed by atoms with van der Waals surface area (Å²) >= 11 is 0. The van der Waals surface area contributed by atoms with Gasteiger partial charge in [0.15, 0.2) is 5.78 Å². The minimum Gasteiger partial charge on any atom is -0.406 e. The van der Waals surface area contributed by atoms with Gasteiger partial charge in [0.05, 0.1) is 5.69 Å². The predicted molar refractivity (Wildman–Crippen MR) is 154 cm³/mol. The molecule has 1 aliphatic heterocycles. The van der Waals surface area contributed by atoms with Gasteiger partial charge in [-0.3, -0.25) is 10.6 Å². The number of ketones is 1. The highest BCUT2D eigenvalue weighted by atomic mass is 16.7. The van der Waals surface area contributed by atoms with Crippen molar-refractivity contribution in [1.82, 2.24) is 5.06 Å². The summed E-state index contributed by atoms with van der Waals surface area (Å²) in [6.45, 7) is 6.01. The fraction of sp³-hybridized carbons (Fsp3) is 0.303. The van der Waals surface area contributed by atoms with Crippen LogP contribution in [0.5, 0.6) is 5.75 Å². The molecular weight excluding hydrogens is 470 g/mol. The number of carbonyl (C=O) groups excluding carboxylic acids is 1. The molecule has 6 rings (SSSR count). The number of hydrogen-bond acceptors (Lipinski definition) is 5. The molecular formula is C33H35N3O2. The molecule has 0 spiro atoms. The van der Waals surface area contributed by atoms with Crippen LogP contribution >= 0.6 is 0 Å². The zero-order valence-electron chi connectivity index (χ0n) is 21.8. The van der Waals surface area contributed by atoms with E-state index >= 15 is 0 Å². The standard InChI is InChI=1S/C33H35N3O2/c1-2-26-28-22-33(21-23-9-5-3-6-10-23)18-17-30(37)31(32(33)27(28)15-16-29(26)35-34)24-11-13-25(14-12-24)38-36-19-7-4-8-20-36/h2-3,5-6,9-16,35H,1,4,7-8,17-22,34H2. The average molecular weight is 506 g/mol. The van der Waals surface area contributed by atoms with E-state index in [0.717, 1.165) is 66.1 Å². The van der Waals surface area contributed by atoms with Crippen molar-refractivity contribution in [3.8, 4) is 5.75 Å². The second-order valence-electron chi connectivity index (χ2n) is 10.8. The lowest BCUT2D eigenvalue weighted by Crippen LogP contribution is -2.32. The Kier molecular flexibility index (Phi) is 6.64. The van der Waals surface area contributed by atoms with Crippen molar-refractivity contribution in [3.05, 3.63) is 101 Å². The predicted octanol–water partition coefficient (Wildman–Crippen LogP) is 6.45. The number of rotatable bonds is 7. The zero-order chi connectivity index (χ0) is 26.1. The summed E-state index contributed by atoms with van der Waals surface area (Å²) in [5.74, 6) is 6.90. The SMILES string of the molecule is C=Cc1c(NN)ccc2c1CC1(Cc3ccccc3)CCC(=O)C(c3ccc(ON4CCCCC4)cc3)=C21. The molecule has 0 amide bonds. The van der Waals surface area contributed by atoms with Gasteiger partial charge in [0.2, 0.25) is 0 Å². The van der Waals surface area contributed by atoms with Crippen molar-refractivity contribution in [2.24, 2.45) is 11.3 Å². The lowest BCUT2D eigenvalue weighted by atomic mass is 9.65. The van der Waals surface area contributed by atoms with Gasteiger partial charge in [-0.15, -0.1) is 5.06 Å². The van der Waals surface area contributed by atoms with Gasteiger partial charge in [-0.05, 0) is 78.1 Å². The van der Waals surface area contributed by atoms with Crippen LogP contribution < -0.4 is 16.1 Å². The summed E-state index contributed by atoms with van der Waals surface area (Å²) in [5, 5.41) is 2.05. The maximum Gasteiger partial charge on any atom is 0.163 e. The Balaban J connectivity index is 1.47. The van der Waals surface area contributed by atoms with Crippen LogP contribution in [0.25, 0.3) is 17.2 Å². The van der Waals surface area contributed by atoms with E-state index in [-0.39, 0.29) is 11.2 Å². The molecule has 2 aliphatic carbocycles. The molecule has 1 saturated heterocycles.